The number of hydrogen-bond donors (Lipinski definition) is 0. The van der Waals surface area contributed by atoms with Crippen molar-refractivity contribution < 1.29 is 23.7 Å². The third-order valence-electron chi connectivity index (χ3n) is 7.10. The molecule has 0 spiro atoms. The molecule has 0 bridgehead atoms. The third-order valence-corrected chi connectivity index (χ3v) is 9.33. The fraction of sp³-hybridized carbons (Fsp3) is 0.324. The van der Waals surface area contributed by atoms with Crippen molar-refractivity contribution in [2.75, 3.05) is 13.2 Å². The van der Waals surface area contributed by atoms with E-state index in [-0.39, 0.29) is 23.5 Å². The summed E-state index contributed by atoms with van der Waals surface area (Å²) in [6.07, 6.45) is 7.81. The van der Waals surface area contributed by atoms with Crippen LogP contribution in [0.5, 0.6) is 17.2 Å². The molecule has 2 aliphatic heterocycles. The highest BCUT2D eigenvalue weighted by molar-refractivity contribution is 7.97. The SMILES string of the molecule is c1ccc(COc2ccc([S+](c3ccc(OC4CCCCO4)cc3)c3ccc(OC4CCCCO4)cc3)cc2)nc1. The number of hydrogen-bond acceptors (Lipinski definition) is 6. The van der Waals surface area contributed by atoms with Gasteiger partial charge in [0.25, 0.3) is 0 Å². The van der Waals surface area contributed by atoms with Crippen molar-refractivity contribution in [2.45, 2.75) is 72.4 Å². The largest absolute Gasteiger partial charge is 0.487 e. The quantitative estimate of drug-likeness (QED) is 0.183. The van der Waals surface area contributed by atoms with Crippen LogP contribution in [-0.4, -0.2) is 30.8 Å². The molecular weight excluding hydrogens is 534 g/mol. The second-order valence-electron chi connectivity index (χ2n) is 10.2. The van der Waals surface area contributed by atoms with Gasteiger partial charge in [-0.1, -0.05) is 6.07 Å². The zero-order valence-electron chi connectivity index (χ0n) is 23.2. The summed E-state index contributed by atoms with van der Waals surface area (Å²) in [4.78, 5) is 7.95. The summed E-state index contributed by atoms with van der Waals surface area (Å²) < 4.78 is 29.7. The number of ether oxygens (including phenoxy) is 5. The summed E-state index contributed by atoms with van der Waals surface area (Å²) in [5.74, 6) is 2.48. The van der Waals surface area contributed by atoms with Crippen LogP contribution in [-0.2, 0) is 27.0 Å². The summed E-state index contributed by atoms with van der Waals surface area (Å²) in [5, 5.41) is 0. The molecule has 7 heteroatoms. The van der Waals surface area contributed by atoms with Crippen LogP contribution in [0.3, 0.4) is 0 Å². The fourth-order valence-electron chi connectivity index (χ4n) is 4.94. The Balaban J connectivity index is 1.21. The lowest BCUT2D eigenvalue weighted by Gasteiger charge is -2.23. The van der Waals surface area contributed by atoms with E-state index in [0.717, 1.165) is 74.7 Å². The van der Waals surface area contributed by atoms with Gasteiger partial charge in [0.15, 0.2) is 27.3 Å². The molecule has 3 aromatic carbocycles. The van der Waals surface area contributed by atoms with Crippen LogP contribution in [0.15, 0.2) is 112 Å². The number of aromatic nitrogens is 1. The zero-order chi connectivity index (χ0) is 27.7. The van der Waals surface area contributed by atoms with E-state index in [9.17, 15) is 0 Å². The number of rotatable bonds is 10. The topological polar surface area (TPSA) is 59.0 Å². The Kier molecular flexibility index (Phi) is 9.37. The lowest BCUT2D eigenvalue weighted by Crippen LogP contribution is -2.25. The van der Waals surface area contributed by atoms with Crippen LogP contribution < -0.4 is 14.2 Å². The molecular formula is C34H36NO5S+. The van der Waals surface area contributed by atoms with Crippen LogP contribution in [0.25, 0.3) is 0 Å². The molecule has 0 saturated carbocycles. The molecule has 2 fully saturated rings. The predicted molar refractivity (Wildman–Crippen MR) is 158 cm³/mol. The van der Waals surface area contributed by atoms with E-state index in [1.165, 1.54) is 14.7 Å². The molecule has 6 rings (SSSR count). The summed E-state index contributed by atoms with van der Waals surface area (Å²) in [6.45, 7) is 1.96. The molecule has 2 saturated heterocycles. The second kappa shape index (κ2) is 13.9. The summed E-state index contributed by atoms with van der Waals surface area (Å²) in [5.41, 5.74) is 0.901. The average Bonchev–Trinajstić information content (AvgIpc) is 3.04. The van der Waals surface area contributed by atoms with E-state index >= 15 is 0 Å². The van der Waals surface area contributed by atoms with Crippen LogP contribution >= 0.6 is 0 Å². The van der Waals surface area contributed by atoms with Crippen LogP contribution in [0.1, 0.15) is 44.2 Å². The molecule has 2 aliphatic rings. The number of benzene rings is 3. The van der Waals surface area contributed by atoms with Crippen LogP contribution in [0.4, 0.5) is 0 Å². The Morgan fingerprint density at radius 3 is 1.56 bits per heavy atom. The monoisotopic (exact) mass is 570 g/mol. The molecule has 1 aromatic heterocycles. The Labute approximate surface area is 244 Å². The first-order valence-electron chi connectivity index (χ1n) is 14.4. The van der Waals surface area contributed by atoms with Crippen molar-refractivity contribution in [1.29, 1.82) is 0 Å². The smallest absolute Gasteiger partial charge is 0.199 e. The highest BCUT2D eigenvalue weighted by atomic mass is 32.2. The Hall–Kier alpha value is -3.52. The van der Waals surface area contributed by atoms with Gasteiger partial charge in [-0.15, -0.1) is 0 Å². The van der Waals surface area contributed by atoms with Crippen molar-refractivity contribution in [3.8, 4) is 17.2 Å². The van der Waals surface area contributed by atoms with Crippen molar-refractivity contribution in [3.63, 3.8) is 0 Å². The maximum atomic E-state index is 6.10. The van der Waals surface area contributed by atoms with E-state index in [2.05, 4.69) is 65.6 Å². The van der Waals surface area contributed by atoms with Gasteiger partial charge in [0.1, 0.15) is 23.9 Å². The lowest BCUT2D eigenvalue weighted by molar-refractivity contribution is -0.106. The highest BCUT2D eigenvalue weighted by Gasteiger charge is 2.29. The average molecular weight is 571 g/mol. The van der Waals surface area contributed by atoms with E-state index in [0.29, 0.717) is 6.61 Å². The fourth-order valence-corrected chi connectivity index (χ4v) is 6.98. The molecule has 0 N–H and O–H groups in total. The summed E-state index contributed by atoms with van der Waals surface area (Å²) >= 11 is 0. The van der Waals surface area contributed by atoms with E-state index in [1.54, 1.807) is 6.20 Å². The molecule has 3 heterocycles. The first-order valence-corrected chi connectivity index (χ1v) is 15.7. The van der Waals surface area contributed by atoms with E-state index < -0.39 is 0 Å². The molecule has 0 amide bonds. The first kappa shape index (κ1) is 27.6. The zero-order valence-corrected chi connectivity index (χ0v) is 24.0. The molecule has 41 heavy (non-hydrogen) atoms. The molecule has 4 aromatic rings. The van der Waals surface area contributed by atoms with Gasteiger partial charge in [0.2, 0.25) is 0 Å². The standard InChI is InChI=1S/C34H36NO5S/c1-4-22-35-26(7-1)25-38-27-10-16-30(17-11-27)41(31-18-12-28(13-19-31)39-33-8-2-5-23-36-33)32-20-14-29(15-21-32)40-34-9-3-6-24-37-34/h1,4,7,10-22,33-34H,2-3,5-6,8-9,23-25H2/q+1. The number of nitrogens with zero attached hydrogens (tertiary/aromatic N) is 1. The minimum Gasteiger partial charge on any atom is -0.487 e. The molecule has 0 radical (unpaired) electrons. The van der Waals surface area contributed by atoms with Crippen LogP contribution in [0.2, 0.25) is 0 Å². The van der Waals surface area contributed by atoms with Gasteiger partial charge in [-0.25, -0.2) is 0 Å². The van der Waals surface area contributed by atoms with Gasteiger partial charge < -0.3 is 23.7 Å². The van der Waals surface area contributed by atoms with Gasteiger partial charge in [0, 0.05) is 19.0 Å². The van der Waals surface area contributed by atoms with Crippen molar-refractivity contribution in [3.05, 3.63) is 103 Å². The third kappa shape index (κ3) is 7.61. The molecule has 2 atom stereocenters. The van der Waals surface area contributed by atoms with Gasteiger partial charge in [0.05, 0.1) is 29.8 Å². The Morgan fingerprint density at radius 2 is 1.12 bits per heavy atom. The predicted octanol–water partition coefficient (Wildman–Crippen LogP) is 7.57. The Morgan fingerprint density at radius 1 is 0.610 bits per heavy atom. The van der Waals surface area contributed by atoms with E-state index in [1.807, 2.05) is 30.3 Å². The lowest BCUT2D eigenvalue weighted by atomic mass is 10.2. The first-order chi connectivity index (χ1) is 20.3. The maximum Gasteiger partial charge on any atom is 0.199 e. The Bertz CT molecular complexity index is 1270. The van der Waals surface area contributed by atoms with Crippen LogP contribution in [0, 0.1) is 0 Å². The van der Waals surface area contributed by atoms with E-state index in [4.69, 9.17) is 23.7 Å². The highest BCUT2D eigenvalue weighted by Crippen LogP contribution is 2.35. The minimum absolute atomic E-state index is 0.160. The van der Waals surface area contributed by atoms with Gasteiger partial charge >= 0.3 is 0 Å². The maximum absolute atomic E-state index is 6.10. The van der Waals surface area contributed by atoms with Crippen molar-refractivity contribution >= 4 is 10.9 Å². The van der Waals surface area contributed by atoms with Gasteiger partial charge in [-0.2, -0.15) is 0 Å². The molecule has 6 nitrogen and oxygen atoms in total. The van der Waals surface area contributed by atoms with Crippen molar-refractivity contribution in [2.24, 2.45) is 0 Å². The summed E-state index contributed by atoms with van der Waals surface area (Å²) in [7, 11) is -0.334. The molecule has 2 unspecified atom stereocenters. The molecule has 0 aliphatic carbocycles. The van der Waals surface area contributed by atoms with Gasteiger partial charge in [-0.05, 0) is 111 Å². The number of pyridine rings is 1. The van der Waals surface area contributed by atoms with Crippen molar-refractivity contribution in [1.82, 2.24) is 4.98 Å². The second-order valence-corrected chi connectivity index (χ2v) is 12.2. The summed E-state index contributed by atoms with van der Waals surface area (Å²) in [6, 6.07) is 31.1. The molecule has 212 valence electrons. The normalized spacial score (nSPS) is 19.7. The van der Waals surface area contributed by atoms with Gasteiger partial charge in [-0.3, -0.25) is 4.98 Å². The minimum atomic E-state index is -0.334.